The van der Waals surface area contributed by atoms with E-state index >= 15 is 0 Å². The van der Waals surface area contributed by atoms with Gasteiger partial charge in [0, 0.05) is 16.7 Å². The standard InChI is InChI=1S/C13H21BrN2/c1-10(2)5-4-6-12(15-3)13-8-7-11(14)9-16-13/h7-10,12,15H,4-6H2,1-3H3. The number of hydrogen-bond acceptors (Lipinski definition) is 2. The van der Waals surface area contributed by atoms with Crippen molar-refractivity contribution in [1.82, 2.24) is 10.3 Å². The lowest BCUT2D eigenvalue weighted by atomic mass is 10.0. The second-order valence-electron chi connectivity index (χ2n) is 4.57. The fourth-order valence-electron chi connectivity index (χ4n) is 1.76. The molecule has 1 N–H and O–H groups in total. The highest BCUT2D eigenvalue weighted by Crippen LogP contribution is 2.20. The first-order valence-corrected chi connectivity index (χ1v) is 6.71. The molecule has 0 aromatic carbocycles. The van der Waals surface area contributed by atoms with Crippen LogP contribution in [-0.4, -0.2) is 12.0 Å². The van der Waals surface area contributed by atoms with Crippen LogP contribution in [0, 0.1) is 5.92 Å². The van der Waals surface area contributed by atoms with E-state index in [2.05, 4.69) is 52.2 Å². The molecule has 0 fully saturated rings. The summed E-state index contributed by atoms with van der Waals surface area (Å²) in [4.78, 5) is 4.44. The summed E-state index contributed by atoms with van der Waals surface area (Å²) in [5, 5.41) is 3.33. The molecule has 2 nitrogen and oxygen atoms in total. The Kier molecular flexibility index (Phi) is 5.99. The van der Waals surface area contributed by atoms with Gasteiger partial charge in [0.2, 0.25) is 0 Å². The van der Waals surface area contributed by atoms with Gasteiger partial charge in [-0.25, -0.2) is 0 Å². The number of aromatic nitrogens is 1. The third kappa shape index (κ3) is 4.62. The molecule has 1 rings (SSSR count). The van der Waals surface area contributed by atoms with E-state index in [4.69, 9.17) is 0 Å². The van der Waals surface area contributed by atoms with E-state index in [1.165, 1.54) is 12.8 Å². The maximum atomic E-state index is 4.44. The third-order valence-corrected chi connectivity index (χ3v) is 3.20. The lowest BCUT2D eigenvalue weighted by molar-refractivity contribution is 0.464. The summed E-state index contributed by atoms with van der Waals surface area (Å²) in [7, 11) is 2.00. The molecule has 0 aliphatic rings. The minimum absolute atomic E-state index is 0.381. The van der Waals surface area contributed by atoms with Crippen molar-refractivity contribution >= 4 is 15.9 Å². The Labute approximate surface area is 107 Å². The molecule has 0 saturated carbocycles. The summed E-state index contributed by atoms with van der Waals surface area (Å²) in [5.41, 5.74) is 1.13. The van der Waals surface area contributed by atoms with Crippen molar-refractivity contribution in [2.45, 2.75) is 39.2 Å². The molecule has 0 radical (unpaired) electrons. The van der Waals surface area contributed by atoms with Gasteiger partial charge in [0.25, 0.3) is 0 Å². The Hall–Kier alpha value is -0.410. The molecule has 1 atom stereocenters. The van der Waals surface area contributed by atoms with Crippen molar-refractivity contribution in [3.05, 3.63) is 28.5 Å². The fraction of sp³-hybridized carbons (Fsp3) is 0.615. The molecule has 3 heteroatoms. The molecule has 0 saturated heterocycles. The van der Waals surface area contributed by atoms with E-state index in [1.807, 2.05) is 13.2 Å². The van der Waals surface area contributed by atoms with Gasteiger partial charge < -0.3 is 5.32 Å². The van der Waals surface area contributed by atoms with E-state index < -0.39 is 0 Å². The van der Waals surface area contributed by atoms with Crippen LogP contribution in [-0.2, 0) is 0 Å². The number of nitrogens with zero attached hydrogens (tertiary/aromatic N) is 1. The van der Waals surface area contributed by atoms with Crippen LogP contribution in [0.15, 0.2) is 22.8 Å². The SMILES string of the molecule is CNC(CCCC(C)C)c1ccc(Br)cn1. The Balaban J connectivity index is 2.50. The summed E-state index contributed by atoms with van der Waals surface area (Å²) in [5.74, 6) is 0.787. The Bertz CT molecular complexity index is 295. The molecular formula is C13H21BrN2. The highest BCUT2D eigenvalue weighted by atomic mass is 79.9. The summed E-state index contributed by atoms with van der Waals surface area (Å²) in [6.07, 6.45) is 5.56. The molecule has 1 aromatic rings. The second-order valence-corrected chi connectivity index (χ2v) is 5.48. The first-order chi connectivity index (χ1) is 7.63. The zero-order chi connectivity index (χ0) is 12.0. The molecule has 0 spiro atoms. The Morgan fingerprint density at radius 3 is 2.56 bits per heavy atom. The predicted octanol–water partition coefficient (Wildman–Crippen LogP) is 3.93. The van der Waals surface area contributed by atoms with Crippen LogP contribution in [0.25, 0.3) is 0 Å². The van der Waals surface area contributed by atoms with Crippen molar-refractivity contribution < 1.29 is 0 Å². The average molecular weight is 285 g/mol. The first-order valence-electron chi connectivity index (χ1n) is 5.92. The van der Waals surface area contributed by atoms with Gasteiger partial charge in [0.15, 0.2) is 0 Å². The van der Waals surface area contributed by atoms with Crippen LogP contribution in [0.3, 0.4) is 0 Å². The van der Waals surface area contributed by atoms with Gasteiger partial charge in [-0.2, -0.15) is 0 Å². The molecule has 0 bridgehead atoms. The van der Waals surface area contributed by atoms with Crippen LogP contribution in [0.2, 0.25) is 0 Å². The highest BCUT2D eigenvalue weighted by Gasteiger charge is 2.10. The summed E-state index contributed by atoms with van der Waals surface area (Å²) >= 11 is 3.41. The van der Waals surface area contributed by atoms with E-state index in [0.717, 1.165) is 22.5 Å². The highest BCUT2D eigenvalue weighted by molar-refractivity contribution is 9.10. The van der Waals surface area contributed by atoms with Crippen LogP contribution < -0.4 is 5.32 Å². The molecule has 16 heavy (non-hydrogen) atoms. The van der Waals surface area contributed by atoms with Gasteiger partial charge in [-0.05, 0) is 47.4 Å². The van der Waals surface area contributed by atoms with Gasteiger partial charge in [0.1, 0.15) is 0 Å². The molecule has 1 aromatic heterocycles. The summed E-state index contributed by atoms with van der Waals surface area (Å²) in [6.45, 7) is 4.54. The Morgan fingerprint density at radius 1 is 1.31 bits per heavy atom. The van der Waals surface area contributed by atoms with Crippen LogP contribution >= 0.6 is 15.9 Å². The third-order valence-electron chi connectivity index (χ3n) is 2.73. The van der Waals surface area contributed by atoms with Crippen molar-refractivity contribution in [2.24, 2.45) is 5.92 Å². The number of pyridine rings is 1. The zero-order valence-corrected chi connectivity index (χ0v) is 11.9. The van der Waals surface area contributed by atoms with Gasteiger partial charge >= 0.3 is 0 Å². The number of halogens is 1. The molecular weight excluding hydrogens is 264 g/mol. The molecule has 1 heterocycles. The van der Waals surface area contributed by atoms with Crippen molar-refractivity contribution in [1.29, 1.82) is 0 Å². The fourth-order valence-corrected chi connectivity index (χ4v) is 2.00. The smallest absolute Gasteiger partial charge is 0.0573 e. The monoisotopic (exact) mass is 284 g/mol. The van der Waals surface area contributed by atoms with E-state index in [0.29, 0.717) is 6.04 Å². The topological polar surface area (TPSA) is 24.9 Å². The number of hydrogen-bond donors (Lipinski definition) is 1. The quantitative estimate of drug-likeness (QED) is 0.856. The maximum Gasteiger partial charge on any atom is 0.0573 e. The van der Waals surface area contributed by atoms with Gasteiger partial charge in [-0.15, -0.1) is 0 Å². The van der Waals surface area contributed by atoms with Gasteiger partial charge in [-0.3, -0.25) is 4.98 Å². The van der Waals surface area contributed by atoms with E-state index in [9.17, 15) is 0 Å². The minimum atomic E-state index is 0.381. The van der Waals surface area contributed by atoms with Gasteiger partial charge in [0.05, 0.1) is 5.69 Å². The first kappa shape index (κ1) is 13.7. The van der Waals surface area contributed by atoms with Crippen LogP contribution in [0.5, 0.6) is 0 Å². The van der Waals surface area contributed by atoms with Crippen molar-refractivity contribution in [2.75, 3.05) is 7.05 Å². The normalized spacial score (nSPS) is 13.1. The largest absolute Gasteiger partial charge is 0.312 e. The summed E-state index contributed by atoms with van der Waals surface area (Å²) < 4.78 is 1.04. The van der Waals surface area contributed by atoms with E-state index in [1.54, 1.807) is 0 Å². The molecule has 0 aliphatic carbocycles. The van der Waals surface area contributed by atoms with E-state index in [-0.39, 0.29) is 0 Å². The molecule has 0 amide bonds. The zero-order valence-electron chi connectivity index (χ0n) is 10.3. The van der Waals surface area contributed by atoms with Gasteiger partial charge in [-0.1, -0.05) is 26.7 Å². The molecule has 1 unspecified atom stereocenters. The number of nitrogens with one attached hydrogen (secondary N) is 1. The average Bonchev–Trinajstić information content (AvgIpc) is 2.26. The molecule has 90 valence electrons. The van der Waals surface area contributed by atoms with Crippen LogP contribution in [0.1, 0.15) is 44.8 Å². The minimum Gasteiger partial charge on any atom is -0.312 e. The summed E-state index contributed by atoms with van der Waals surface area (Å²) in [6, 6.07) is 4.52. The van der Waals surface area contributed by atoms with Crippen LogP contribution in [0.4, 0.5) is 0 Å². The Morgan fingerprint density at radius 2 is 2.06 bits per heavy atom. The second kappa shape index (κ2) is 7.02. The number of rotatable bonds is 6. The predicted molar refractivity (Wildman–Crippen MR) is 72.4 cm³/mol. The maximum absolute atomic E-state index is 4.44. The lowest BCUT2D eigenvalue weighted by Crippen LogP contribution is -2.17. The lowest BCUT2D eigenvalue weighted by Gasteiger charge is -2.16. The van der Waals surface area contributed by atoms with Crippen molar-refractivity contribution in [3.8, 4) is 0 Å². The van der Waals surface area contributed by atoms with Crippen molar-refractivity contribution in [3.63, 3.8) is 0 Å². The molecule has 0 aliphatic heterocycles.